The van der Waals surface area contributed by atoms with Crippen molar-refractivity contribution in [3.63, 3.8) is 0 Å². The van der Waals surface area contributed by atoms with Gasteiger partial charge in [0.1, 0.15) is 0 Å². The van der Waals surface area contributed by atoms with Crippen LogP contribution in [-0.4, -0.2) is 12.3 Å². The first-order valence-electron chi connectivity index (χ1n) is 6.63. The first-order valence-corrected chi connectivity index (χ1v) is 6.63. The van der Waals surface area contributed by atoms with Crippen LogP contribution in [-0.2, 0) is 6.42 Å². The zero-order valence-corrected chi connectivity index (χ0v) is 11.9. The topological polar surface area (TPSA) is 35.9 Å². The lowest BCUT2D eigenvalue weighted by atomic mass is 10.0. The Labute approximate surface area is 111 Å². The third-order valence-electron chi connectivity index (χ3n) is 2.93. The van der Waals surface area contributed by atoms with Gasteiger partial charge in [0.05, 0.1) is 5.71 Å². The molecule has 0 aliphatic carbocycles. The highest BCUT2D eigenvalue weighted by Crippen LogP contribution is 2.12. The SMILES string of the molecule is CCc1ccc(C(=N)/C=C\NCC(C)C)cc1C. The van der Waals surface area contributed by atoms with Crippen LogP contribution in [0.15, 0.2) is 30.5 Å². The molecule has 2 nitrogen and oxygen atoms in total. The minimum atomic E-state index is 0.553. The van der Waals surface area contributed by atoms with Crippen LogP contribution in [0.3, 0.4) is 0 Å². The third kappa shape index (κ3) is 4.36. The molecule has 1 aromatic rings. The largest absolute Gasteiger partial charge is 0.391 e. The Morgan fingerprint density at radius 3 is 2.67 bits per heavy atom. The fourth-order valence-corrected chi connectivity index (χ4v) is 1.80. The van der Waals surface area contributed by atoms with Gasteiger partial charge in [-0.05, 0) is 54.3 Å². The van der Waals surface area contributed by atoms with Crippen molar-refractivity contribution in [1.82, 2.24) is 5.32 Å². The van der Waals surface area contributed by atoms with E-state index < -0.39 is 0 Å². The Kier molecular flexibility index (Phi) is 5.63. The molecule has 2 N–H and O–H groups in total. The molecular weight excluding hydrogens is 220 g/mol. The summed E-state index contributed by atoms with van der Waals surface area (Å²) in [7, 11) is 0. The molecule has 0 aromatic heterocycles. The Morgan fingerprint density at radius 2 is 2.11 bits per heavy atom. The fraction of sp³-hybridized carbons (Fsp3) is 0.438. The summed E-state index contributed by atoms with van der Waals surface area (Å²) in [4.78, 5) is 0. The monoisotopic (exact) mass is 244 g/mol. The number of allylic oxidation sites excluding steroid dienone is 1. The Morgan fingerprint density at radius 1 is 1.39 bits per heavy atom. The lowest BCUT2D eigenvalue weighted by Crippen LogP contribution is -2.13. The van der Waals surface area contributed by atoms with E-state index in [9.17, 15) is 0 Å². The van der Waals surface area contributed by atoms with E-state index in [2.05, 4.69) is 45.1 Å². The van der Waals surface area contributed by atoms with Crippen LogP contribution in [0.5, 0.6) is 0 Å². The zero-order chi connectivity index (χ0) is 13.5. The second-order valence-electron chi connectivity index (χ2n) is 5.04. The van der Waals surface area contributed by atoms with Crippen LogP contribution >= 0.6 is 0 Å². The van der Waals surface area contributed by atoms with Gasteiger partial charge >= 0.3 is 0 Å². The van der Waals surface area contributed by atoms with Crippen molar-refractivity contribution in [3.8, 4) is 0 Å². The number of aryl methyl sites for hydroxylation is 2. The second kappa shape index (κ2) is 7.00. The van der Waals surface area contributed by atoms with E-state index in [1.807, 2.05) is 18.3 Å². The molecule has 0 saturated heterocycles. The van der Waals surface area contributed by atoms with E-state index in [-0.39, 0.29) is 0 Å². The van der Waals surface area contributed by atoms with E-state index in [0.717, 1.165) is 18.5 Å². The molecule has 0 saturated carbocycles. The summed E-state index contributed by atoms with van der Waals surface area (Å²) >= 11 is 0. The molecule has 0 bridgehead atoms. The lowest BCUT2D eigenvalue weighted by Gasteiger charge is -2.06. The first-order chi connectivity index (χ1) is 8.54. The van der Waals surface area contributed by atoms with Gasteiger partial charge in [0, 0.05) is 6.54 Å². The molecule has 2 heteroatoms. The van der Waals surface area contributed by atoms with E-state index in [0.29, 0.717) is 11.6 Å². The average Bonchev–Trinajstić information content (AvgIpc) is 2.34. The normalized spacial score (nSPS) is 11.2. The van der Waals surface area contributed by atoms with Crippen molar-refractivity contribution < 1.29 is 0 Å². The van der Waals surface area contributed by atoms with Crippen molar-refractivity contribution in [2.45, 2.75) is 34.1 Å². The summed E-state index contributed by atoms with van der Waals surface area (Å²) in [5, 5.41) is 11.2. The van der Waals surface area contributed by atoms with Crippen molar-refractivity contribution in [2.75, 3.05) is 6.54 Å². The molecule has 1 aromatic carbocycles. The minimum Gasteiger partial charge on any atom is -0.391 e. The Hall–Kier alpha value is -1.57. The molecule has 98 valence electrons. The maximum absolute atomic E-state index is 8.01. The standard InChI is InChI=1S/C16H24N2/c1-5-14-6-7-15(10-13(14)4)16(17)8-9-18-11-12(2)3/h6-10,12,17-18H,5,11H2,1-4H3/b9-8-,17-16?. The lowest BCUT2D eigenvalue weighted by molar-refractivity contribution is 0.611. The molecule has 0 fully saturated rings. The molecule has 0 aliphatic heterocycles. The van der Waals surface area contributed by atoms with Gasteiger partial charge < -0.3 is 10.7 Å². The predicted octanol–water partition coefficient (Wildman–Crippen LogP) is 3.68. The summed E-state index contributed by atoms with van der Waals surface area (Å²) < 4.78 is 0. The minimum absolute atomic E-state index is 0.553. The Balaban J connectivity index is 2.64. The van der Waals surface area contributed by atoms with Crippen molar-refractivity contribution in [3.05, 3.63) is 47.2 Å². The summed E-state index contributed by atoms with van der Waals surface area (Å²) in [5.41, 5.74) is 4.15. The molecule has 0 spiro atoms. The van der Waals surface area contributed by atoms with Crippen LogP contribution < -0.4 is 5.32 Å². The smallest absolute Gasteiger partial charge is 0.0626 e. The van der Waals surface area contributed by atoms with Gasteiger partial charge in [-0.3, -0.25) is 0 Å². The highest BCUT2D eigenvalue weighted by molar-refractivity contribution is 6.06. The molecule has 0 radical (unpaired) electrons. The molecule has 1 rings (SSSR count). The van der Waals surface area contributed by atoms with E-state index in [4.69, 9.17) is 5.41 Å². The van der Waals surface area contributed by atoms with E-state index >= 15 is 0 Å². The quantitative estimate of drug-likeness (QED) is 0.736. The molecule has 0 aliphatic rings. The van der Waals surface area contributed by atoms with Crippen LogP contribution in [0.1, 0.15) is 37.5 Å². The maximum atomic E-state index is 8.01. The number of rotatable bonds is 6. The average molecular weight is 244 g/mol. The number of benzene rings is 1. The summed E-state index contributed by atoms with van der Waals surface area (Å²) in [6, 6.07) is 6.24. The van der Waals surface area contributed by atoms with Gasteiger partial charge in [-0.25, -0.2) is 0 Å². The number of hydrogen-bond acceptors (Lipinski definition) is 2. The van der Waals surface area contributed by atoms with Gasteiger partial charge in [0.15, 0.2) is 0 Å². The highest BCUT2D eigenvalue weighted by atomic mass is 14.8. The van der Waals surface area contributed by atoms with Gasteiger partial charge in [0.2, 0.25) is 0 Å². The molecule has 0 unspecified atom stereocenters. The van der Waals surface area contributed by atoms with E-state index in [1.165, 1.54) is 11.1 Å². The number of hydrogen-bond donors (Lipinski definition) is 2. The molecule has 0 amide bonds. The van der Waals surface area contributed by atoms with E-state index in [1.54, 1.807) is 0 Å². The van der Waals surface area contributed by atoms with Crippen LogP contribution in [0, 0.1) is 18.3 Å². The van der Waals surface area contributed by atoms with Crippen molar-refractivity contribution in [2.24, 2.45) is 5.92 Å². The molecule has 0 atom stereocenters. The summed E-state index contributed by atoms with van der Waals surface area (Å²) in [5.74, 6) is 0.620. The highest BCUT2D eigenvalue weighted by Gasteiger charge is 2.01. The first kappa shape index (κ1) is 14.5. The number of nitrogens with one attached hydrogen (secondary N) is 2. The second-order valence-corrected chi connectivity index (χ2v) is 5.04. The molecular formula is C16H24N2. The van der Waals surface area contributed by atoms with Gasteiger partial charge in [-0.1, -0.05) is 32.9 Å². The van der Waals surface area contributed by atoms with Crippen LogP contribution in [0.4, 0.5) is 0 Å². The summed E-state index contributed by atoms with van der Waals surface area (Å²) in [6.45, 7) is 9.54. The fourth-order valence-electron chi connectivity index (χ4n) is 1.80. The third-order valence-corrected chi connectivity index (χ3v) is 2.93. The molecule has 18 heavy (non-hydrogen) atoms. The van der Waals surface area contributed by atoms with Crippen molar-refractivity contribution >= 4 is 5.71 Å². The predicted molar refractivity (Wildman–Crippen MR) is 79.4 cm³/mol. The van der Waals surface area contributed by atoms with Gasteiger partial charge in [-0.15, -0.1) is 0 Å². The molecule has 0 heterocycles. The van der Waals surface area contributed by atoms with Gasteiger partial charge in [0.25, 0.3) is 0 Å². The van der Waals surface area contributed by atoms with Gasteiger partial charge in [-0.2, -0.15) is 0 Å². The maximum Gasteiger partial charge on any atom is 0.0626 e. The zero-order valence-electron chi connectivity index (χ0n) is 11.9. The van der Waals surface area contributed by atoms with Crippen LogP contribution in [0.25, 0.3) is 0 Å². The van der Waals surface area contributed by atoms with Crippen LogP contribution in [0.2, 0.25) is 0 Å². The van der Waals surface area contributed by atoms with Crippen molar-refractivity contribution in [1.29, 1.82) is 5.41 Å². The Bertz CT molecular complexity index is 431. The summed E-state index contributed by atoms with van der Waals surface area (Å²) in [6.07, 6.45) is 4.74.